The lowest BCUT2D eigenvalue weighted by molar-refractivity contribution is -0.175. The molecule has 0 spiro atoms. The highest BCUT2D eigenvalue weighted by Crippen LogP contribution is 2.49. The Balaban J connectivity index is 1.78. The first-order chi connectivity index (χ1) is 18.3. The monoisotopic (exact) mass is 586 g/mol. The van der Waals surface area contributed by atoms with Crippen molar-refractivity contribution in [2.45, 2.75) is 86.8 Å². The number of fused-ring (bicyclic) bond motifs is 1. The topological polar surface area (TPSA) is 117 Å². The molecule has 11 heteroatoms. The molecule has 0 aliphatic carbocycles. The molecule has 9 nitrogen and oxygen atoms in total. The zero-order chi connectivity index (χ0) is 29.9. The Morgan fingerprint density at radius 2 is 1.68 bits per heavy atom. The highest BCUT2D eigenvalue weighted by Gasteiger charge is 2.54. The standard InChI is InChI=1S/C29H38N2O7SSi/c1-27(2,3)40(8,9)38-19-11-10-12-20(17-19)39(34,35)21-13-14-23-22(18-21)26(29(6,33)28(4,5)37-23)36-24-15-16-25(32)31(7)30-24/h10-18,26,33H,1-9H3/t26-,29+/m1/s1. The number of aliphatic hydroxyl groups is 1. The van der Waals surface area contributed by atoms with Crippen LogP contribution in [0.3, 0.4) is 0 Å². The summed E-state index contributed by atoms with van der Waals surface area (Å²) in [6, 6.07) is 13.7. The first kappa shape index (κ1) is 29.8. The van der Waals surface area contributed by atoms with Crippen LogP contribution in [-0.2, 0) is 16.9 Å². The second-order valence-electron chi connectivity index (χ2n) is 12.4. The molecule has 1 N–H and O–H groups in total. The van der Waals surface area contributed by atoms with Gasteiger partial charge in [0.05, 0.1) is 9.79 Å². The van der Waals surface area contributed by atoms with Crippen molar-refractivity contribution >= 4 is 18.2 Å². The molecular formula is C29H38N2O7SSi. The smallest absolute Gasteiger partial charge is 0.266 e. The van der Waals surface area contributed by atoms with Crippen molar-refractivity contribution in [3.05, 3.63) is 70.5 Å². The van der Waals surface area contributed by atoms with Crippen LogP contribution in [-0.4, -0.2) is 42.8 Å². The van der Waals surface area contributed by atoms with Crippen molar-refractivity contribution in [3.63, 3.8) is 0 Å². The summed E-state index contributed by atoms with van der Waals surface area (Å²) < 4.78 is 47.4. The summed E-state index contributed by atoms with van der Waals surface area (Å²) in [4.78, 5) is 11.9. The van der Waals surface area contributed by atoms with Gasteiger partial charge in [-0.3, -0.25) is 4.79 Å². The minimum absolute atomic E-state index is 0.0110. The number of hydrogen-bond donors (Lipinski definition) is 1. The van der Waals surface area contributed by atoms with E-state index < -0.39 is 35.5 Å². The van der Waals surface area contributed by atoms with Crippen LogP contribution in [0.2, 0.25) is 18.1 Å². The molecule has 216 valence electrons. The molecule has 0 radical (unpaired) electrons. The largest absolute Gasteiger partial charge is 0.543 e. The third-order valence-corrected chi connectivity index (χ3v) is 14.2. The fourth-order valence-electron chi connectivity index (χ4n) is 4.12. The van der Waals surface area contributed by atoms with Gasteiger partial charge >= 0.3 is 0 Å². The van der Waals surface area contributed by atoms with Gasteiger partial charge in [0.1, 0.15) is 22.7 Å². The first-order valence-electron chi connectivity index (χ1n) is 13.1. The maximum absolute atomic E-state index is 13.8. The van der Waals surface area contributed by atoms with E-state index in [1.165, 1.54) is 37.4 Å². The fourth-order valence-corrected chi connectivity index (χ4v) is 6.47. The van der Waals surface area contributed by atoms with Crippen molar-refractivity contribution in [1.82, 2.24) is 9.78 Å². The molecule has 0 amide bonds. The average Bonchev–Trinajstić information content (AvgIpc) is 2.83. The fraction of sp³-hybridized carbons (Fsp3) is 0.448. The van der Waals surface area contributed by atoms with E-state index in [1.54, 1.807) is 45.0 Å². The molecule has 40 heavy (non-hydrogen) atoms. The Bertz CT molecular complexity index is 1610. The zero-order valence-corrected chi connectivity index (χ0v) is 26.3. The summed E-state index contributed by atoms with van der Waals surface area (Å²) in [6.07, 6.45) is -1.06. The minimum Gasteiger partial charge on any atom is -0.543 e. The van der Waals surface area contributed by atoms with Crippen LogP contribution in [0.1, 0.15) is 53.2 Å². The van der Waals surface area contributed by atoms with Gasteiger partial charge < -0.3 is 19.0 Å². The van der Waals surface area contributed by atoms with E-state index in [0.29, 0.717) is 17.1 Å². The molecule has 2 heterocycles. The number of rotatable bonds is 6. The van der Waals surface area contributed by atoms with E-state index >= 15 is 0 Å². The van der Waals surface area contributed by atoms with Crippen LogP contribution >= 0.6 is 0 Å². The van der Waals surface area contributed by atoms with Crippen molar-refractivity contribution in [2.24, 2.45) is 7.05 Å². The van der Waals surface area contributed by atoms with Crippen molar-refractivity contribution in [3.8, 4) is 17.4 Å². The van der Waals surface area contributed by atoms with Crippen molar-refractivity contribution in [1.29, 1.82) is 0 Å². The summed E-state index contributed by atoms with van der Waals surface area (Å²) >= 11 is 0. The highest BCUT2D eigenvalue weighted by molar-refractivity contribution is 7.91. The lowest BCUT2D eigenvalue weighted by Crippen LogP contribution is -2.59. The van der Waals surface area contributed by atoms with Crippen LogP contribution in [0.5, 0.6) is 17.4 Å². The van der Waals surface area contributed by atoms with Gasteiger partial charge in [-0.25, -0.2) is 13.1 Å². The molecule has 0 unspecified atom stereocenters. The van der Waals surface area contributed by atoms with Gasteiger partial charge in [-0.1, -0.05) is 26.8 Å². The van der Waals surface area contributed by atoms with Gasteiger partial charge in [0, 0.05) is 24.7 Å². The third-order valence-electron chi connectivity index (χ3n) is 8.14. The van der Waals surface area contributed by atoms with Crippen LogP contribution in [0.15, 0.2) is 69.2 Å². The molecule has 1 aromatic heterocycles. The molecule has 2 atom stereocenters. The van der Waals surface area contributed by atoms with Gasteiger partial charge in [-0.05, 0) is 75.3 Å². The van der Waals surface area contributed by atoms with Gasteiger partial charge in [0.15, 0.2) is 6.10 Å². The SMILES string of the molecule is Cn1nc(O[C@@H]2c3cc(S(=O)(=O)c4cccc(O[Si](C)(C)C(C)(C)C)c4)ccc3OC(C)(C)[C@@]2(C)O)ccc1=O. The summed E-state index contributed by atoms with van der Waals surface area (Å²) in [5.74, 6) is 0.973. The Morgan fingerprint density at radius 3 is 2.30 bits per heavy atom. The summed E-state index contributed by atoms with van der Waals surface area (Å²) in [7, 11) is -4.68. The third kappa shape index (κ3) is 5.29. The maximum Gasteiger partial charge on any atom is 0.266 e. The van der Waals surface area contributed by atoms with E-state index in [0.717, 1.165) is 4.68 Å². The van der Waals surface area contributed by atoms with Gasteiger partial charge in [0.25, 0.3) is 5.56 Å². The van der Waals surface area contributed by atoms with Crippen LogP contribution in [0.25, 0.3) is 0 Å². The van der Waals surface area contributed by atoms with Gasteiger partial charge in [-0.2, -0.15) is 0 Å². The van der Waals surface area contributed by atoms with E-state index in [1.807, 2.05) is 0 Å². The maximum atomic E-state index is 13.8. The molecule has 1 aliphatic rings. The number of nitrogens with zero attached hydrogens (tertiary/aromatic N) is 2. The number of benzene rings is 2. The van der Waals surface area contributed by atoms with Crippen LogP contribution in [0.4, 0.5) is 0 Å². The summed E-state index contributed by atoms with van der Waals surface area (Å²) in [5.41, 5.74) is -2.67. The molecule has 3 aromatic rings. The Morgan fingerprint density at radius 1 is 1.02 bits per heavy atom. The summed E-state index contributed by atoms with van der Waals surface area (Å²) in [6.45, 7) is 15.6. The van der Waals surface area contributed by atoms with Gasteiger partial charge in [-0.15, -0.1) is 5.10 Å². The number of hydrogen-bond acceptors (Lipinski definition) is 8. The summed E-state index contributed by atoms with van der Waals surface area (Å²) in [5, 5.41) is 15.7. The molecule has 0 saturated heterocycles. The molecule has 1 aliphatic heterocycles. The quantitative estimate of drug-likeness (QED) is 0.400. The van der Waals surface area contributed by atoms with Crippen molar-refractivity contribution < 1.29 is 27.4 Å². The lowest BCUT2D eigenvalue weighted by atomic mass is 9.77. The number of aryl methyl sites for hydroxylation is 1. The Labute approximate surface area is 236 Å². The molecule has 4 rings (SSSR count). The Hall–Kier alpha value is -3.15. The lowest BCUT2D eigenvalue weighted by Gasteiger charge is -2.48. The highest BCUT2D eigenvalue weighted by atomic mass is 32.2. The second kappa shape index (κ2) is 9.74. The van der Waals surface area contributed by atoms with E-state index in [2.05, 4.69) is 39.0 Å². The molecule has 2 aromatic carbocycles. The minimum atomic E-state index is -3.98. The first-order valence-corrected chi connectivity index (χ1v) is 17.5. The number of sulfone groups is 1. The van der Waals surface area contributed by atoms with E-state index in [4.69, 9.17) is 13.9 Å². The number of ether oxygens (including phenoxy) is 2. The van der Waals surface area contributed by atoms with Crippen LogP contribution < -0.4 is 19.5 Å². The Kier molecular flexibility index (Phi) is 7.26. The van der Waals surface area contributed by atoms with Gasteiger partial charge in [0.2, 0.25) is 24.0 Å². The van der Waals surface area contributed by atoms with Crippen molar-refractivity contribution in [2.75, 3.05) is 0 Å². The average molecular weight is 587 g/mol. The molecule has 0 fully saturated rings. The predicted octanol–water partition coefficient (Wildman–Crippen LogP) is 5.04. The number of aromatic nitrogens is 2. The van der Waals surface area contributed by atoms with E-state index in [-0.39, 0.29) is 26.3 Å². The van der Waals surface area contributed by atoms with Crippen LogP contribution in [0, 0.1) is 0 Å². The molecule has 0 bridgehead atoms. The zero-order valence-electron chi connectivity index (χ0n) is 24.5. The second-order valence-corrected chi connectivity index (χ2v) is 19.1. The molecular weight excluding hydrogens is 548 g/mol. The molecule has 0 saturated carbocycles. The normalized spacial score (nSPS) is 20.8. The predicted molar refractivity (Wildman–Crippen MR) is 154 cm³/mol. The van der Waals surface area contributed by atoms with E-state index in [9.17, 15) is 18.3 Å².